The fourth-order valence-electron chi connectivity index (χ4n) is 1.41. The van der Waals surface area contributed by atoms with E-state index in [9.17, 15) is 9.59 Å². The molecular weight excluding hydrogens is 234 g/mol. The smallest absolute Gasteiger partial charge is 0.328 e. The van der Waals surface area contributed by atoms with Gasteiger partial charge in [-0.2, -0.15) is 0 Å². The van der Waals surface area contributed by atoms with Crippen LogP contribution in [0.2, 0.25) is 0 Å². The van der Waals surface area contributed by atoms with Gasteiger partial charge in [-0.3, -0.25) is 4.79 Å². The predicted molar refractivity (Wildman–Crippen MR) is 69.1 cm³/mol. The van der Waals surface area contributed by atoms with Gasteiger partial charge in [0.1, 0.15) is 6.04 Å². The van der Waals surface area contributed by atoms with Crippen molar-refractivity contribution in [3.63, 3.8) is 0 Å². The average Bonchev–Trinajstić information content (AvgIpc) is 2.31. The van der Waals surface area contributed by atoms with Crippen LogP contribution in [0.4, 0.5) is 11.4 Å². The number of amides is 1. The van der Waals surface area contributed by atoms with Crippen molar-refractivity contribution in [2.45, 2.75) is 19.9 Å². The van der Waals surface area contributed by atoms with Crippen molar-refractivity contribution in [1.82, 2.24) is 0 Å². The first kappa shape index (κ1) is 13.8. The largest absolute Gasteiger partial charge is 0.464 e. The second-order valence-electron chi connectivity index (χ2n) is 3.78. The Morgan fingerprint density at radius 3 is 2.61 bits per heavy atom. The summed E-state index contributed by atoms with van der Waals surface area (Å²) in [5.74, 6) is -0.914. The summed E-state index contributed by atoms with van der Waals surface area (Å²) in [5, 5.41) is 2.91. The first-order chi connectivity index (χ1) is 8.45. The van der Waals surface area contributed by atoms with Crippen LogP contribution in [0.15, 0.2) is 18.2 Å². The number of nitrogens with two attached hydrogens (primary N) is 2. The van der Waals surface area contributed by atoms with Gasteiger partial charge in [0.15, 0.2) is 0 Å². The molecule has 0 bridgehead atoms. The van der Waals surface area contributed by atoms with Crippen LogP contribution in [0, 0.1) is 0 Å². The van der Waals surface area contributed by atoms with E-state index in [1.165, 1.54) is 6.07 Å². The summed E-state index contributed by atoms with van der Waals surface area (Å²) in [6.45, 7) is 3.72. The highest BCUT2D eigenvalue weighted by Crippen LogP contribution is 2.20. The van der Waals surface area contributed by atoms with Gasteiger partial charge in [-0.1, -0.05) is 0 Å². The number of hydrogen-bond acceptors (Lipinski definition) is 5. The Bertz CT molecular complexity index is 460. The normalized spacial score (nSPS) is 11.7. The summed E-state index contributed by atoms with van der Waals surface area (Å²) in [6.07, 6.45) is 0. The lowest BCUT2D eigenvalue weighted by Crippen LogP contribution is -2.28. The Hall–Kier alpha value is -2.24. The van der Waals surface area contributed by atoms with Gasteiger partial charge < -0.3 is 21.5 Å². The maximum absolute atomic E-state index is 11.4. The lowest BCUT2D eigenvalue weighted by atomic mass is 10.1. The number of ether oxygens (including phenoxy) is 1. The number of benzene rings is 1. The lowest BCUT2D eigenvalue weighted by Gasteiger charge is -2.15. The van der Waals surface area contributed by atoms with Gasteiger partial charge in [-0.25, -0.2) is 4.79 Å². The first-order valence-corrected chi connectivity index (χ1v) is 5.58. The minimum Gasteiger partial charge on any atom is -0.464 e. The second kappa shape index (κ2) is 5.90. The van der Waals surface area contributed by atoms with E-state index in [0.29, 0.717) is 23.5 Å². The zero-order valence-corrected chi connectivity index (χ0v) is 10.4. The van der Waals surface area contributed by atoms with Crippen molar-refractivity contribution in [2.75, 3.05) is 17.7 Å². The minimum absolute atomic E-state index is 0.320. The van der Waals surface area contributed by atoms with Crippen LogP contribution in [-0.4, -0.2) is 24.5 Å². The number of nitrogens with one attached hydrogen (secondary N) is 1. The number of rotatable bonds is 5. The molecule has 0 saturated heterocycles. The molecule has 0 heterocycles. The molecular formula is C12H17N3O3. The van der Waals surface area contributed by atoms with E-state index in [-0.39, 0.29) is 5.97 Å². The standard InChI is InChI=1S/C12H17N3O3/c1-3-18-12(17)7(2)15-10-5-4-8(11(14)16)6-9(10)13/h4-7,15H,3,13H2,1-2H3,(H2,14,16). The van der Waals surface area contributed by atoms with Crippen molar-refractivity contribution in [3.8, 4) is 0 Å². The molecule has 18 heavy (non-hydrogen) atoms. The molecule has 0 aromatic heterocycles. The van der Waals surface area contributed by atoms with E-state index in [2.05, 4.69) is 5.32 Å². The molecule has 0 aliphatic heterocycles. The molecule has 98 valence electrons. The molecule has 0 saturated carbocycles. The van der Waals surface area contributed by atoms with Crippen LogP contribution >= 0.6 is 0 Å². The maximum Gasteiger partial charge on any atom is 0.328 e. The summed E-state index contributed by atoms with van der Waals surface area (Å²) in [7, 11) is 0. The van der Waals surface area contributed by atoms with Crippen molar-refractivity contribution < 1.29 is 14.3 Å². The molecule has 0 aliphatic rings. The summed E-state index contributed by atoms with van der Waals surface area (Å²) in [4.78, 5) is 22.4. The van der Waals surface area contributed by atoms with Crippen LogP contribution in [0.1, 0.15) is 24.2 Å². The molecule has 0 radical (unpaired) electrons. The zero-order chi connectivity index (χ0) is 13.7. The van der Waals surface area contributed by atoms with Gasteiger partial charge in [0.25, 0.3) is 0 Å². The maximum atomic E-state index is 11.4. The summed E-state index contributed by atoms with van der Waals surface area (Å²) in [5.41, 5.74) is 12.1. The Labute approximate surface area is 105 Å². The topological polar surface area (TPSA) is 107 Å². The molecule has 6 nitrogen and oxygen atoms in total. The van der Waals surface area contributed by atoms with Crippen molar-refractivity contribution in [1.29, 1.82) is 0 Å². The van der Waals surface area contributed by atoms with E-state index in [1.54, 1.807) is 26.0 Å². The molecule has 0 spiro atoms. The molecule has 0 fully saturated rings. The predicted octanol–water partition coefficient (Wildman–Crippen LogP) is 0.731. The van der Waals surface area contributed by atoms with Gasteiger partial charge in [-0.05, 0) is 32.0 Å². The molecule has 1 atom stereocenters. The summed E-state index contributed by atoms with van der Waals surface area (Å²) in [6, 6.07) is 4.08. The van der Waals surface area contributed by atoms with E-state index < -0.39 is 11.9 Å². The van der Waals surface area contributed by atoms with Gasteiger partial charge in [0.2, 0.25) is 5.91 Å². The highest BCUT2D eigenvalue weighted by Gasteiger charge is 2.15. The number of primary amides is 1. The van der Waals surface area contributed by atoms with Crippen LogP contribution in [0.5, 0.6) is 0 Å². The number of carbonyl (C=O) groups is 2. The molecule has 6 heteroatoms. The summed E-state index contributed by atoms with van der Waals surface area (Å²) >= 11 is 0. The van der Waals surface area contributed by atoms with Crippen LogP contribution in [-0.2, 0) is 9.53 Å². The van der Waals surface area contributed by atoms with E-state index in [0.717, 1.165) is 0 Å². The lowest BCUT2D eigenvalue weighted by molar-refractivity contribution is -0.143. The molecule has 0 aliphatic carbocycles. The average molecular weight is 251 g/mol. The van der Waals surface area contributed by atoms with Gasteiger partial charge in [-0.15, -0.1) is 0 Å². The molecule has 1 rings (SSSR count). The fraction of sp³-hybridized carbons (Fsp3) is 0.333. The Morgan fingerprint density at radius 1 is 1.44 bits per heavy atom. The SMILES string of the molecule is CCOC(=O)C(C)Nc1ccc(C(N)=O)cc1N. The number of hydrogen-bond donors (Lipinski definition) is 3. The highest BCUT2D eigenvalue weighted by molar-refractivity contribution is 5.95. The second-order valence-corrected chi connectivity index (χ2v) is 3.78. The van der Waals surface area contributed by atoms with Gasteiger partial charge in [0.05, 0.1) is 18.0 Å². The Kier molecular flexibility index (Phi) is 4.53. The monoisotopic (exact) mass is 251 g/mol. The van der Waals surface area contributed by atoms with Crippen molar-refractivity contribution in [2.24, 2.45) is 5.73 Å². The quantitative estimate of drug-likeness (QED) is 0.528. The zero-order valence-electron chi connectivity index (χ0n) is 10.4. The number of anilines is 2. The van der Waals surface area contributed by atoms with Crippen molar-refractivity contribution in [3.05, 3.63) is 23.8 Å². The third-order valence-corrected chi connectivity index (χ3v) is 2.35. The molecule has 1 unspecified atom stereocenters. The minimum atomic E-state index is -0.549. The van der Waals surface area contributed by atoms with Crippen LogP contribution < -0.4 is 16.8 Å². The van der Waals surface area contributed by atoms with Gasteiger partial charge >= 0.3 is 5.97 Å². The molecule has 1 amide bonds. The Morgan fingerprint density at radius 2 is 2.11 bits per heavy atom. The first-order valence-electron chi connectivity index (χ1n) is 5.58. The van der Waals surface area contributed by atoms with Crippen molar-refractivity contribution >= 4 is 23.3 Å². The molecule has 1 aromatic rings. The highest BCUT2D eigenvalue weighted by atomic mass is 16.5. The van der Waals surface area contributed by atoms with E-state index >= 15 is 0 Å². The number of nitrogen functional groups attached to an aromatic ring is 1. The molecule has 5 N–H and O–H groups in total. The Balaban J connectivity index is 2.79. The van der Waals surface area contributed by atoms with Crippen LogP contribution in [0.25, 0.3) is 0 Å². The number of carbonyl (C=O) groups excluding carboxylic acids is 2. The number of esters is 1. The molecule has 1 aromatic carbocycles. The third kappa shape index (κ3) is 3.38. The van der Waals surface area contributed by atoms with Gasteiger partial charge in [0, 0.05) is 5.56 Å². The van der Waals surface area contributed by atoms with E-state index in [1.807, 2.05) is 0 Å². The van der Waals surface area contributed by atoms with E-state index in [4.69, 9.17) is 16.2 Å². The third-order valence-electron chi connectivity index (χ3n) is 2.35. The fourth-order valence-corrected chi connectivity index (χ4v) is 1.41. The summed E-state index contributed by atoms with van der Waals surface area (Å²) < 4.78 is 4.86. The van der Waals surface area contributed by atoms with Crippen LogP contribution in [0.3, 0.4) is 0 Å².